The van der Waals surface area contributed by atoms with Gasteiger partial charge in [0.15, 0.2) is 0 Å². The van der Waals surface area contributed by atoms with Gasteiger partial charge in [-0.25, -0.2) is 0 Å². The highest BCUT2D eigenvalue weighted by atomic mass is 79.9. The topological polar surface area (TPSA) is 92.0 Å². The molecule has 5 nitrogen and oxygen atoms in total. The molecule has 0 saturated heterocycles. The van der Waals surface area contributed by atoms with Gasteiger partial charge in [-0.2, -0.15) is 5.26 Å². The largest absolute Gasteiger partial charge is 0.390 e. The van der Waals surface area contributed by atoms with Gasteiger partial charge in [-0.05, 0) is 52.6 Å². The molecule has 0 radical (unpaired) electrons. The fourth-order valence-corrected chi connectivity index (χ4v) is 2.70. The molecule has 0 aliphatic carbocycles. The van der Waals surface area contributed by atoms with Gasteiger partial charge in [-0.1, -0.05) is 0 Å². The van der Waals surface area contributed by atoms with Gasteiger partial charge in [-0.15, -0.1) is 0 Å². The van der Waals surface area contributed by atoms with Crippen LogP contribution in [0.1, 0.15) is 25.1 Å². The van der Waals surface area contributed by atoms with Gasteiger partial charge in [0.2, 0.25) is 0 Å². The highest BCUT2D eigenvalue weighted by Crippen LogP contribution is 2.24. The monoisotopic (exact) mass is 347 g/mol. The van der Waals surface area contributed by atoms with Crippen LogP contribution in [0.3, 0.4) is 0 Å². The first-order valence-electron chi connectivity index (χ1n) is 6.65. The Morgan fingerprint density at radius 2 is 2.10 bits per heavy atom. The lowest BCUT2D eigenvalue weighted by molar-refractivity contribution is 0.312. The predicted molar refractivity (Wildman–Crippen MR) is 85.4 cm³/mol. The number of nitrogens with two attached hydrogens (primary N) is 2. The lowest BCUT2D eigenvalue weighted by atomic mass is 10.0. The summed E-state index contributed by atoms with van der Waals surface area (Å²) in [6, 6.07) is 4.03. The summed E-state index contributed by atoms with van der Waals surface area (Å²) >= 11 is 3.44. The first-order valence-corrected chi connectivity index (χ1v) is 7.44. The molecule has 2 heterocycles. The van der Waals surface area contributed by atoms with Crippen LogP contribution in [0.25, 0.3) is 0 Å². The summed E-state index contributed by atoms with van der Waals surface area (Å²) < 4.78 is 0.965. The third-order valence-corrected chi connectivity index (χ3v) is 4.25. The van der Waals surface area contributed by atoms with Crippen molar-refractivity contribution in [2.24, 2.45) is 11.5 Å². The molecule has 0 bridgehead atoms. The van der Waals surface area contributed by atoms with Crippen molar-refractivity contribution < 1.29 is 0 Å². The van der Waals surface area contributed by atoms with E-state index >= 15 is 0 Å². The second-order valence-corrected chi connectivity index (χ2v) is 6.01. The number of hydrogen-bond acceptors (Lipinski definition) is 5. The van der Waals surface area contributed by atoms with Crippen LogP contribution in [0.4, 0.5) is 0 Å². The van der Waals surface area contributed by atoms with E-state index in [2.05, 4.69) is 31.9 Å². The van der Waals surface area contributed by atoms with E-state index in [1.54, 1.807) is 0 Å². The first-order chi connectivity index (χ1) is 9.93. The third kappa shape index (κ3) is 3.19. The Morgan fingerprint density at radius 3 is 2.76 bits per heavy atom. The molecule has 1 aromatic rings. The van der Waals surface area contributed by atoms with Gasteiger partial charge in [-0.3, -0.25) is 4.98 Å². The Labute approximate surface area is 133 Å². The van der Waals surface area contributed by atoms with Crippen LogP contribution in [0.5, 0.6) is 0 Å². The molecule has 110 valence electrons. The molecule has 0 amide bonds. The average Bonchev–Trinajstić information content (AvgIpc) is 2.51. The minimum absolute atomic E-state index is 0.206. The number of allylic oxidation sites excluding steroid dienone is 3. The molecule has 1 aromatic heterocycles. The van der Waals surface area contributed by atoms with Gasteiger partial charge >= 0.3 is 0 Å². The van der Waals surface area contributed by atoms with Crippen molar-refractivity contribution in [3.05, 3.63) is 50.7 Å². The van der Waals surface area contributed by atoms with E-state index in [4.69, 9.17) is 16.7 Å². The first kappa shape index (κ1) is 15.4. The Bertz CT molecular complexity index is 669. The van der Waals surface area contributed by atoms with Crippen LogP contribution in [-0.2, 0) is 13.0 Å². The number of rotatable bonds is 2. The summed E-state index contributed by atoms with van der Waals surface area (Å²) in [7, 11) is 0. The van der Waals surface area contributed by atoms with E-state index in [9.17, 15) is 0 Å². The van der Waals surface area contributed by atoms with Crippen LogP contribution in [-0.4, -0.2) is 16.4 Å². The quantitative estimate of drug-likeness (QED) is 0.631. The van der Waals surface area contributed by atoms with E-state index in [-0.39, 0.29) is 5.70 Å². The fourth-order valence-electron chi connectivity index (χ4n) is 2.32. The number of aromatic nitrogens is 1. The number of hydrogen-bond donors (Lipinski definition) is 2. The second-order valence-electron chi connectivity index (χ2n) is 5.09. The molecule has 1 aliphatic rings. The zero-order chi connectivity index (χ0) is 15.6. The maximum Gasteiger partial charge on any atom is 0.117 e. The van der Waals surface area contributed by atoms with Gasteiger partial charge in [0, 0.05) is 35.9 Å². The van der Waals surface area contributed by atoms with E-state index in [1.165, 1.54) is 5.56 Å². The molecule has 0 spiro atoms. The molecule has 6 heteroatoms. The number of fused-ring (bicyclic) bond motifs is 1. The summed E-state index contributed by atoms with van der Waals surface area (Å²) in [5.41, 5.74) is 16.0. The molecule has 0 unspecified atom stereocenters. The van der Waals surface area contributed by atoms with Crippen LogP contribution in [0.15, 0.2) is 39.4 Å². The second kappa shape index (κ2) is 6.19. The maximum absolute atomic E-state index is 8.88. The molecule has 0 atom stereocenters. The normalized spacial score (nSPS) is 16.6. The van der Waals surface area contributed by atoms with Crippen molar-refractivity contribution in [3.8, 4) is 6.07 Å². The Balaban J connectivity index is 2.31. The summed E-state index contributed by atoms with van der Waals surface area (Å²) in [6.45, 7) is 5.23. The van der Waals surface area contributed by atoms with Crippen molar-refractivity contribution in [1.29, 1.82) is 5.26 Å². The van der Waals surface area contributed by atoms with Crippen molar-refractivity contribution in [2.75, 3.05) is 6.54 Å². The van der Waals surface area contributed by atoms with Crippen LogP contribution in [0.2, 0.25) is 0 Å². The summed E-state index contributed by atoms with van der Waals surface area (Å²) in [5, 5.41) is 8.88. The standard InChI is InChI=1S/C15H18BrN5/c1-9(13(18)6-17)10(2)15(19)21-4-3-14-11(8-21)5-12(16)7-20-14/h5,7H,3-4,8,18-19H2,1-2H3/b13-9-,15-10+. The maximum atomic E-state index is 8.88. The van der Waals surface area contributed by atoms with Gasteiger partial charge in [0.25, 0.3) is 0 Å². The third-order valence-electron chi connectivity index (χ3n) is 3.82. The Morgan fingerprint density at radius 1 is 1.38 bits per heavy atom. The minimum atomic E-state index is 0.206. The Kier molecular flexibility index (Phi) is 4.53. The van der Waals surface area contributed by atoms with Crippen molar-refractivity contribution in [3.63, 3.8) is 0 Å². The number of pyridine rings is 1. The van der Waals surface area contributed by atoms with E-state index in [1.807, 2.05) is 26.1 Å². The van der Waals surface area contributed by atoms with Gasteiger partial charge < -0.3 is 16.4 Å². The molecule has 0 saturated carbocycles. The highest BCUT2D eigenvalue weighted by Gasteiger charge is 2.20. The molecular formula is C15H18BrN5. The lowest BCUT2D eigenvalue weighted by Crippen LogP contribution is -2.34. The Hall–Kier alpha value is -2.00. The smallest absolute Gasteiger partial charge is 0.117 e. The number of nitrogens with zero attached hydrogens (tertiary/aromatic N) is 3. The van der Waals surface area contributed by atoms with Gasteiger partial charge in [0.05, 0.1) is 0 Å². The molecule has 0 fully saturated rings. The molecular weight excluding hydrogens is 330 g/mol. The summed E-state index contributed by atoms with van der Waals surface area (Å²) in [6.07, 6.45) is 2.67. The zero-order valence-electron chi connectivity index (χ0n) is 12.2. The van der Waals surface area contributed by atoms with E-state index in [0.717, 1.165) is 34.3 Å². The molecule has 21 heavy (non-hydrogen) atoms. The van der Waals surface area contributed by atoms with Crippen molar-refractivity contribution in [2.45, 2.75) is 26.8 Å². The number of nitriles is 1. The molecule has 2 rings (SSSR count). The zero-order valence-corrected chi connectivity index (χ0v) is 13.7. The van der Waals surface area contributed by atoms with Gasteiger partial charge in [0.1, 0.15) is 17.6 Å². The summed E-state index contributed by atoms with van der Waals surface area (Å²) in [4.78, 5) is 6.53. The molecule has 1 aliphatic heterocycles. The lowest BCUT2D eigenvalue weighted by Gasteiger charge is -2.31. The molecule has 4 N–H and O–H groups in total. The highest BCUT2D eigenvalue weighted by molar-refractivity contribution is 9.10. The van der Waals surface area contributed by atoms with Crippen LogP contribution in [0, 0.1) is 11.3 Å². The van der Waals surface area contributed by atoms with E-state index < -0.39 is 0 Å². The van der Waals surface area contributed by atoms with Crippen LogP contribution < -0.4 is 11.5 Å². The fraction of sp³-hybridized carbons (Fsp3) is 0.333. The van der Waals surface area contributed by atoms with Crippen molar-refractivity contribution in [1.82, 2.24) is 9.88 Å². The SMILES string of the molecule is CC(=C(/N)C#N)/C(C)=C(\N)N1CCc2ncc(Br)cc2C1. The average molecular weight is 348 g/mol. The predicted octanol–water partition coefficient (Wildman–Crippen LogP) is 2.15. The number of halogens is 1. The molecule has 0 aromatic carbocycles. The van der Waals surface area contributed by atoms with E-state index in [0.29, 0.717) is 12.4 Å². The summed E-state index contributed by atoms with van der Waals surface area (Å²) in [5.74, 6) is 0.663. The minimum Gasteiger partial charge on any atom is -0.390 e. The van der Waals surface area contributed by atoms with Crippen LogP contribution >= 0.6 is 15.9 Å². The van der Waals surface area contributed by atoms with Crippen molar-refractivity contribution >= 4 is 15.9 Å².